The number of nitrogens with zero attached hydrogens (tertiary/aromatic N) is 2. The number of aromatic nitrogens is 1. The molecule has 1 amide bonds. The van der Waals surface area contributed by atoms with Crippen LogP contribution in [0.4, 0.5) is 4.79 Å². The van der Waals surface area contributed by atoms with Crippen molar-refractivity contribution in [1.29, 1.82) is 0 Å². The van der Waals surface area contributed by atoms with Crippen LogP contribution in [0.5, 0.6) is 0 Å². The first kappa shape index (κ1) is 27.5. The van der Waals surface area contributed by atoms with Crippen molar-refractivity contribution in [1.82, 2.24) is 21.1 Å². The van der Waals surface area contributed by atoms with Crippen LogP contribution in [0.3, 0.4) is 0 Å². The first-order valence-corrected chi connectivity index (χ1v) is 10.1. The molecular weight excluding hydrogens is 485 g/mol. The molecule has 0 bridgehead atoms. The van der Waals surface area contributed by atoms with Gasteiger partial charge in [0.1, 0.15) is 12.1 Å². The Morgan fingerprint density at radius 2 is 1.97 bits per heavy atom. The number of aliphatic imine (C=N–C) groups is 1. The molecule has 0 spiro atoms. The quantitative estimate of drug-likeness (QED) is 0.255. The van der Waals surface area contributed by atoms with E-state index in [4.69, 9.17) is 9.26 Å². The van der Waals surface area contributed by atoms with Gasteiger partial charge in [0.15, 0.2) is 11.7 Å². The first-order chi connectivity index (χ1) is 13.1. The Labute approximate surface area is 192 Å². The summed E-state index contributed by atoms with van der Waals surface area (Å²) in [7, 11) is 0. The van der Waals surface area contributed by atoms with Gasteiger partial charge in [-0.25, -0.2) is 9.79 Å². The van der Waals surface area contributed by atoms with Crippen molar-refractivity contribution in [3.63, 3.8) is 0 Å². The molecule has 1 rings (SSSR count). The van der Waals surface area contributed by atoms with Crippen molar-refractivity contribution >= 4 is 36.0 Å². The molecule has 3 N–H and O–H groups in total. The molecule has 1 aromatic heterocycles. The number of carbonyl (C=O) groups excluding carboxylic acids is 1. The number of alkyl carbamates (subject to hydrolysis) is 1. The number of carbonyl (C=O) groups is 1. The van der Waals surface area contributed by atoms with Crippen LogP contribution in [0.25, 0.3) is 0 Å². The molecule has 8 nitrogen and oxygen atoms in total. The fourth-order valence-corrected chi connectivity index (χ4v) is 2.44. The average molecular weight is 523 g/mol. The van der Waals surface area contributed by atoms with Gasteiger partial charge in [-0.2, -0.15) is 0 Å². The van der Waals surface area contributed by atoms with Gasteiger partial charge in [-0.3, -0.25) is 0 Å². The van der Waals surface area contributed by atoms with E-state index in [9.17, 15) is 4.79 Å². The summed E-state index contributed by atoms with van der Waals surface area (Å²) in [6, 6.07) is 1.88. The van der Waals surface area contributed by atoms with Gasteiger partial charge in [0.05, 0.1) is 5.69 Å². The Bertz CT molecular complexity index is 626. The fraction of sp³-hybridized carbons (Fsp3) is 0.750. The number of hydrogen-bond acceptors (Lipinski definition) is 5. The predicted octanol–water partition coefficient (Wildman–Crippen LogP) is 4.16. The SMILES string of the molecule is CCCC(CNC(=NCc1cc(C(C)C)no1)NCC)NC(=O)OC(C)(C)C.I. The number of rotatable bonds is 9. The molecule has 1 unspecified atom stereocenters. The van der Waals surface area contributed by atoms with Crippen molar-refractivity contribution in [3.05, 3.63) is 17.5 Å². The minimum atomic E-state index is -0.517. The Balaban J connectivity index is 0.00000784. The van der Waals surface area contributed by atoms with Crippen LogP contribution in [0, 0.1) is 0 Å². The van der Waals surface area contributed by atoms with Crippen LogP contribution in [-0.4, -0.2) is 41.9 Å². The number of nitrogens with one attached hydrogen (secondary N) is 3. The molecule has 1 heterocycles. The molecule has 0 aliphatic carbocycles. The Morgan fingerprint density at radius 3 is 2.48 bits per heavy atom. The highest BCUT2D eigenvalue weighted by atomic mass is 127. The summed E-state index contributed by atoms with van der Waals surface area (Å²) < 4.78 is 10.7. The summed E-state index contributed by atoms with van der Waals surface area (Å²) in [4.78, 5) is 16.6. The van der Waals surface area contributed by atoms with E-state index in [1.165, 1.54) is 0 Å². The molecule has 0 saturated carbocycles. The third-order valence-electron chi connectivity index (χ3n) is 3.78. The van der Waals surface area contributed by atoms with Crippen LogP contribution in [0.15, 0.2) is 15.6 Å². The van der Waals surface area contributed by atoms with E-state index in [-0.39, 0.29) is 30.0 Å². The van der Waals surface area contributed by atoms with Crippen molar-refractivity contribution in [3.8, 4) is 0 Å². The summed E-state index contributed by atoms with van der Waals surface area (Å²) >= 11 is 0. The molecule has 0 radical (unpaired) electrons. The summed E-state index contributed by atoms with van der Waals surface area (Å²) in [5, 5.41) is 13.5. The topological polar surface area (TPSA) is 101 Å². The van der Waals surface area contributed by atoms with Gasteiger partial charge in [0.25, 0.3) is 0 Å². The molecule has 168 valence electrons. The average Bonchev–Trinajstić information content (AvgIpc) is 3.05. The fourth-order valence-electron chi connectivity index (χ4n) is 2.44. The van der Waals surface area contributed by atoms with Crippen LogP contribution < -0.4 is 16.0 Å². The minimum Gasteiger partial charge on any atom is -0.444 e. The molecule has 29 heavy (non-hydrogen) atoms. The van der Waals surface area contributed by atoms with Crippen molar-refractivity contribution < 1.29 is 14.1 Å². The summed E-state index contributed by atoms with van der Waals surface area (Å²) in [6.07, 6.45) is 1.38. The van der Waals surface area contributed by atoms with E-state index < -0.39 is 11.7 Å². The zero-order chi connectivity index (χ0) is 21.2. The second-order valence-corrected chi connectivity index (χ2v) is 8.08. The highest BCUT2D eigenvalue weighted by Gasteiger charge is 2.19. The molecule has 1 aromatic rings. The normalized spacial score (nSPS) is 12.9. The summed E-state index contributed by atoms with van der Waals surface area (Å²) in [5.41, 5.74) is 0.407. The van der Waals surface area contributed by atoms with Gasteiger partial charge in [0.2, 0.25) is 0 Å². The number of hydrogen-bond donors (Lipinski definition) is 3. The maximum Gasteiger partial charge on any atom is 0.407 e. The second-order valence-electron chi connectivity index (χ2n) is 8.08. The lowest BCUT2D eigenvalue weighted by atomic mass is 10.1. The Morgan fingerprint density at radius 1 is 1.28 bits per heavy atom. The van der Waals surface area contributed by atoms with Crippen LogP contribution in [0.1, 0.15) is 78.7 Å². The van der Waals surface area contributed by atoms with Crippen LogP contribution in [-0.2, 0) is 11.3 Å². The number of amides is 1. The zero-order valence-electron chi connectivity index (χ0n) is 18.8. The van der Waals surface area contributed by atoms with E-state index in [2.05, 4.69) is 46.9 Å². The molecule has 0 fully saturated rings. The molecule has 1 atom stereocenters. The monoisotopic (exact) mass is 523 g/mol. The number of guanidine groups is 1. The predicted molar refractivity (Wildman–Crippen MR) is 127 cm³/mol. The van der Waals surface area contributed by atoms with Gasteiger partial charge < -0.3 is 25.2 Å². The minimum absolute atomic E-state index is 0. The number of halogens is 1. The van der Waals surface area contributed by atoms with Crippen molar-refractivity contribution in [2.75, 3.05) is 13.1 Å². The highest BCUT2D eigenvalue weighted by Crippen LogP contribution is 2.14. The molecule has 9 heteroatoms. The van der Waals surface area contributed by atoms with Gasteiger partial charge in [0, 0.05) is 25.2 Å². The Hall–Kier alpha value is -1.52. The molecule has 0 aliphatic rings. The smallest absolute Gasteiger partial charge is 0.407 e. The first-order valence-electron chi connectivity index (χ1n) is 10.1. The van der Waals surface area contributed by atoms with Gasteiger partial charge in [-0.05, 0) is 40.0 Å². The van der Waals surface area contributed by atoms with Gasteiger partial charge in [-0.15, -0.1) is 24.0 Å². The maximum absolute atomic E-state index is 12.1. The largest absolute Gasteiger partial charge is 0.444 e. The lowest BCUT2D eigenvalue weighted by molar-refractivity contribution is 0.0502. The zero-order valence-corrected chi connectivity index (χ0v) is 21.1. The molecule has 0 saturated heterocycles. The van der Waals surface area contributed by atoms with E-state index in [1.54, 1.807) is 0 Å². The maximum atomic E-state index is 12.1. The van der Waals surface area contributed by atoms with E-state index in [0.717, 1.165) is 30.8 Å². The van der Waals surface area contributed by atoms with Gasteiger partial charge in [-0.1, -0.05) is 32.3 Å². The number of ether oxygens (including phenoxy) is 1. The van der Waals surface area contributed by atoms with Crippen molar-refractivity contribution in [2.45, 2.75) is 85.4 Å². The van der Waals surface area contributed by atoms with E-state index >= 15 is 0 Å². The second kappa shape index (κ2) is 13.7. The van der Waals surface area contributed by atoms with Gasteiger partial charge >= 0.3 is 6.09 Å². The molecule has 0 aromatic carbocycles. The third kappa shape index (κ3) is 11.9. The lowest BCUT2D eigenvalue weighted by Gasteiger charge is -2.24. The summed E-state index contributed by atoms with van der Waals surface area (Å²) in [5.74, 6) is 1.71. The molecular formula is C20H38IN5O3. The molecule has 0 aliphatic heterocycles. The lowest BCUT2D eigenvalue weighted by Crippen LogP contribution is -2.48. The van der Waals surface area contributed by atoms with E-state index in [1.807, 2.05) is 33.8 Å². The van der Waals surface area contributed by atoms with E-state index in [0.29, 0.717) is 25.0 Å². The van der Waals surface area contributed by atoms with Crippen LogP contribution >= 0.6 is 24.0 Å². The summed E-state index contributed by atoms with van der Waals surface area (Å²) in [6.45, 7) is 15.5. The van der Waals surface area contributed by atoms with Crippen LogP contribution in [0.2, 0.25) is 0 Å². The standard InChI is InChI=1S/C20H37N5O3.HI/c1-8-10-15(24-19(26)27-20(5,6)7)12-22-18(21-9-2)23-13-16-11-17(14(3)4)25-28-16;/h11,14-15H,8-10,12-13H2,1-7H3,(H,24,26)(H2,21,22,23);1H. The Kier molecular flexibility index (Phi) is 12.9. The third-order valence-corrected chi connectivity index (χ3v) is 3.78. The van der Waals surface area contributed by atoms with Crippen molar-refractivity contribution in [2.24, 2.45) is 4.99 Å². The highest BCUT2D eigenvalue weighted by molar-refractivity contribution is 14.0.